The van der Waals surface area contributed by atoms with E-state index in [9.17, 15) is 4.79 Å². The highest BCUT2D eigenvalue weighted by molar-refractivity contribution is 5.85. The Bertz CT molecular complexity index is 633. The molecule has 21 heavy (non-hydrogen) atoms. The number of nitrogens with one attached hydrogen (secondary N) is 1. The van der Waals surface area contributed by atoms with E-state index in [1.165, 1.54) is 16.5 Å². The lowest BCUT2D eigenvalue weighted by molar-refractivity contribution is -0.119. The fourth-order valence-corrected chi connectivity index (χ4v) is 2.97. The number of nitrogens with zero attached hydrogens (tertiary/aromatic N) is 1. The molecule has 0 saturated carbocycles. The molecule has 1 aliphatic rings. The zero-order valence-corrected chi connectivity index (χ0v) is 12.1. The highest BCUT2D eigenvalue weighted by Gasteiger charge is 2.19. The number of likely N-dealkylation sites (tertiary alicyclic amines) is 1. The molecule has 0 bridgehead atoms. The maximum absolute atomic E-state index is 10.9. The van der Waals surface area contributed by atoms with Gasteiger partial charge in [0.2, 0.25) is 5.91 Å². The van der Waals surface area contributed by atoms with Crippen molar-refractivity contribution in [3.63, 3.8) is 0 Å². The van der Waals surface area contributed by atoms with E-state index < -0.39 is 0 Å². The summed E-state index contributed by atoms with van der Waals surface area (Å²) < 4.78 is 0. The monoisotopic (exact) mass is 283 g/mol. The van der Waals surface area contributed by atoms with Crippen molar-refractivity contribution in [3.05, 3.63) is 42.5 Å². The van der Waals surface area contributed by atoms with Gasteiger partial charge in [-0.05, 0) is 35.7 Å². The lowest BCUT2D eigenvalue weighted by Crippen LogP contribution is -2.42. The van der Waals surface area contributed by atoms with Gasteiger partial charge in [-0.1, -0.05) is 30.3 Å². The molecule has 4 nitrogen and oxygen atoms in total. The number of hydrogen-bond acceptors (Lipinski definition) is 3. The van der Waals surface area contributed by atoms with Crippen LogP contribution >= 0.6 is 0 Å². The number of carbonyl (C=O) groups excluding carboxylic acids is 1. The van der Waals surface area contributed by atoms with Crippen LogP contribution in [0.3, 0.4) is 0 Å². The van der Waals surface area contributed by atoms with Crippen molar-refractivity contribution in [3.8, 4) is 0 Å². The third kappa shape index (κ3) is 3.52. The number of hydrogen-bond donors (Lipinski definition) is 2. The zero-order valence-electron chi connectivity index (χ0n) is 12.1. The van der Waals surface area contributed by atoms with Crippen LogP contribution in [-0.2, 0) is 4.79 Å². The van der Waals surface area contributed by atoms with Gasteiger partial charge in [-0.2, -0.15) is 0 Å². The highest BCUT2D eigenvalue weighted by Crippen LogP contribution is 2.21. The van der Waals surface area contributed by atoms with Gasteiger partial charge < -0.3 is 11.1 Å². The van der Waals surface area contributed by atoms with Crippen LogP contribution in [0.1, 0.15) is 12.8 Å². The predicted molar refractivity (Wildman–Crippen MR) is 86.2 cm³/mol. The van der Waals surface area contributed by atoms with Gasteiger partial charge in [-0.25, -0.2) is 0 Å². The third-order valence-corrected chi connectivity index (χ3v) is 4.09. The normalized spacial score (nSPS) is 17.0. The molecule has 1 saturated heterocycles. The molecule has 0 spiro atoms. The Labute approximate surface area is 124 Å². The van der Waals surface area contributed by atoms with E-state index in [0.717, 1.165) is 25.9 Å². The molecule has 0 radical (unpaired) electrons. The van der Waals surface area contributed by atoms with E-state index in [2.05, 4.69) is 52.7 Å². The zero-order chi connectivity index (χ0) is 14.7. The van der Waals surface area contributed by atoms with E-state index >= 15 is 0 Å². The molecule has 0 atom stereocenters. The lowest BCUT2D eigenvalue weighted by Gasteiger charge is -2.32. The number of amides is 1. The molecule has 4 heteroatoms. The van der Waals surface area contributed by atoms with Crippen molar-refractivity contribution >= 4 is 22.4 Å². The Morgan fingerprint density at radius 3 is 2.57 bits per heavy atom. The number of nitrogens with two attached hydrogens (primary N) is 1. The Morgan fingerprint density at radius 1 is 1.14 bits per heavy atom. The highest BCUT2D eigenvalue weighted by atomic mass is 16.1. The molecule has 2 aromatic carbocycles. The molecule has 3 N–H and O–H groups in total. The lowest BCUT2D eigenvalue weighted by atomic mass is 10.0. The average Bonchev–Trinajstić information content (AvgIpc) is 2.49. The standard InChI is InChI=1S/C17H21N3O/c18-17(21)12-20-9-7-15(8-10-20)19-16-6-5-13-3-1-2-4-14(13)11-16/h1-6,11,15,19H,7-10,12H2,(H2,18,21). The van der Waals surface area contributed by atoms with E-state index in [-0.39, 0.29) is 5.91 Å². The van der Waals surface area contributed by atoms with Crippen molar-refractivity contribution in [2.75, 3.05) is 25.0 Å². The van der Waals surface area contributed by atoms with Crippen LogP contribution in [0.15, 0.2) is 42.5 Å². The van der Waals surface area contributed by atoms with Crippen LogP contribution < -0.4 is 11.1 Å². The average molecular weight is 283 g/mol. The van der Waals surface area contributed by atoms with Crippen molar-refractivity contribution in [2.24, 2.45) is 5.73 Å². The van der Waals surface area contributed by atoms with Crippen LogP contribution in [0.2, 0.25) is 0 Å². The molecule has 1 fully saturated rings. The van der Waals surface area contributed by atoms with Gasteiger partial charge in [0, 0.05) is 24.8 Å². The largest absolute Gasteiger partial charge is 0.382 e. The first-order chi connectivity index (χ1) is 10.2. The Morgan fingerprint density at radius 2 is 1.86 bits per heavy atom. The summed E-state index contributed by atoms with van der Waals surface area (Å²) in [6.07, 6.45) is 2.08. The number of rotatable bonds is 4. The summed E-state index contributed by atoms with van der Waals surface area (Å²) in [5, 5.41) is 6.13. The van der Waals surface area contributed by atoms with Crippen LogP contribution in [-0.4, -0.2) is 36.5 Å². The molecule has 1 aliphatic heterocycles. The summed E-state index contributed by atoms with van der Waals surface area (Å²) in [4.78, 5) is 13.1. The molecule has 1 heterocycles. The van der Waals surface area contributed by atoms with Gasteiger partial charge in [0.05, 0.1) is 6.54 Å². The molecule has 1 amide bonds. The minimum absolute atomic E-state index is 0.240. The van der Waals surface area contributed by atoms with Gasteiger partial charge in [-0.3, -0.25) is 9.69 Å². The molecule has 110 valence electrons. The van der Waals surface area contributed by atoms with Gasteiger partial charge in [-0.15, -0.1) is 0 Å². The molecular weight excluding hydrogens is 262 g/mol. The molecule has 0 unspecified atom stereocenters. The second kappa shape index (κ2) is 6.14. The second-order valence-corrected chi connectivity index (χ2v) is 5.72. The Balaban J connectivity index is 1.60. The fraction of sp³-hybridized carbons (Fsp3) is 0.353. The van der Waals surface area contributed by atoms with Crippen LogP contribution in [0.4, 0.5) is 5.69 Å². The van der Waals surface area contributed by atoms with Crippen LogP contribution in [0.5, 0.6) is 0 Å². The van der Waals surface area contributed by atoms with Gasteiger partial charge in [0.15, 0.2) is 0 Å². The third-order valence-electron chi connectivity index (χ3n) is 4.09. The van der Waals surface area contributed by atoms with E-state index in [1.807, 2.05) is 0 Å². The fourth-order valence-electron chi connectivity index (χ4n) is 2.97. The summed E-state index contributed by atoms with van der Waals surface area (Å²) in [5.41, 5.74) is 6.41. The topological polar surface area (TPSA) is 58.4 Å². The van der Waals surface area contributed by atoms with E-state index in [4.69, 9.17) is 5.73 Å². The minimum Gasteiger partial charge on any atom is -0.382 e. The smallest absolute Gasteiger partial charge is 0.231 e. The minimum atomic E-state index is -0.240. The number of primary amides is 1. The first-order valence-corrected chi connectivity index (χ1v) is 7.47. The number of anilines is 1. The van der Waals surface area contributed by atoms with Gasteiger partial charge in [0.25, 0.3) is 0 Å². The SMILES string of the molecule is NC(=O)CN1CCC(Nc2ccc3ccccc3c2)CC1. The number of piperidine rings is 1. The maximum atomic E-state index is 10.9. The van der Waals surface area contributed by atoms with Crippen molar-refractivity contribution in [2.45, 2.75) is 18.9 Å². The molecule has 3 rings (SSSR count). The molecule has 0 aliphatic carbocycles. The number of carbonyl (C=O) groups is 1. The Hall–Kier alpha value is -2.07. The summed E-state index contributed by atoms with van der Waals surface area (Å²) >= 11 is 0. The summed E-state index contributed by atoms with van der Waals surface area (Å²) in [6.45, 7) is 2.23. The number of benzene rings is 2. The van der Waals surface area contributed by atoms with Crippen LogP contribution in [0.25, 0.3) is 10.8 Å². The molecule has 0 aromatic heterocycles. The van der Waals surface area contributed by atoms with Crippen molar-refractivity contribution in [1.29, 1.82) is 0 Å². The summed E-state index contributed by atoms with van der Waals surface area (Å²) in [6, 6.07) is 15.3. The quantitative estimate of drug-likeness (QED) is 0.904. The van der Waals surface area contributed by atoms with Gasteiger partial charge in [0.1, 0.15) is 0 Å². The summed E-state index contributed by atoms with van der Waals surface area (Å²) in [5.74, 6) is -0.240. The molecule has 2 aromatic rings. The number of fused-ring (bicyclic) bond motifs is 1. The molecular formula is C17H21N3O. The Kier molecular flexibility index (Phi) is 4.06. The predicted octanol–water partition coefficient (Wildman–Crippen LogP) is 2.20. The summed E-state index contributed by atoms with van der Waals surface area (Å²) in [7, 11) is 0. The van der Waals surface area contributed by atoms with Gasteiger partial charge >= 0.3 is 0 Å². The second-order valence-electron chi connectivity index (χ2n) is 5.72. The maximum Gasteiger partial charge on any atom is 0.231 e. The van der Waals surface area contributed by atoms with E-state index in [0.29, 0.717) is 12.6 Å². The van der Waals surface area contributed by atoms with E-state index in [1.54, 1.807) is 0 Å². The first-order valence-electron chi connectivity index (χ1n) is 7.47. The first kappa shape index (κ1) is 13.9. The van der Waals surface area contributed by atoms with Crippen molar-refractivity contribution in [1.82, 2.24) is 4.90 Å². The van der Waals surface area contributed by atoms with Crippen LogP contribution in [0, 0.1) is 0 Å². The van der Waals surface area contributed by atoms with Crippen molar-refractivity contribution < 1.29 is 4.79 Å².